The second-order valence-electron chi connectivity index (χ2n) is 5.68. The molecule has 2 rings (SSSR count). The summed E-state index contributed by atoms with van der Waals surface area (Å²) in [6.45, 7) is 0.268. The highest BCUT2D eigenvalue weighted by molar-refractivity contribution is 6.46. The molecule has 0 saturated heterocycles. The van der Waals surface area contributed by atoms with Gasteiger partial charge in [0.05, 0.1) is 0 Å². The summed E-state index contributed by atoms with van der Waals surface area (Å²) in [6.07, 6.45) is 2.53. The number of benzene rings is 2. The minimum Gasteiger partial charge on any atom is -0.475 e. The topological polar surface area (TPSA) is 152 Å². The number of nitrogens with two attached hydrogens (primary N) is 1. The van der Waals surface area contributed by atoms with Gasteiger partial charge in [0.1, 0.15) is 0 Å². The third kappa shape index (κ3) is 4.63. The Labute approximate surface area is 158 Å². The van der Waals surface area contributed by atoms with Gasteiger partial charge in [-0.05, 0) is 35.4 Å². The summed E-state index contributed by atoms with van der Waals surface area (Å²) >= 11 is 0. The molecule has 0 bridgehead atoms. The molecule has 0 aromatic heterocycles. The molecule has 8 nitrogen and oxygen atoms in total. The molecule has 2 aromatic carbocycles. The van der Waals surface area contributed by atoms with Crippen LogP contribution in [0.1, 0.15) is 42.2 Å². The first-order valence-electron chi connectivity index (χ1n) is 7.95. The van der Waals surface area contributed by atoms with Gasteiger partial charge in [-0.1, -0.05) is 30.3 Å². The monoisotopic (exact) mass is 381 g/mol. The van der Waals surface area contributed by atoms with Crippen LogP contribution in [0.25, 0.3) is 6.08 Å². The maximum atomic E-state index is 12.3. The number of ketones is 3. The van der Waals surface area contributed by atoms with Gasteiger partial charge in [0.15, 0.2) is 5.78 Å². The fourth-order valence-corrected chi connectivity index (χ4v) is 2.40. The smallest absolute Gasteiger partial charge is 0.377 e. The number of carbonyl (C=O) groups excluding carboxylic acids is 3. The average molecular weight is 381 g/mol. The van der Waals surface area contributed by atoms with E-state index in [0.717, 1.165) is 17.7 Å². The van der Waals surface area contributed by atoms with E-state index in [9.17, 15) is 24.0 Å². The van der Waals surface area contributed by atoms with Crippen LogP contribution in [-0.2, 0) is 16.1 Å². The summed E-state index contributed by atoms with van der Waals surface area (Å²) in [5.74, 6) is -6.85. The van der Waals surface area contributed by atoms with E-state index in [1.807, 2.05) is 0 Å². The van der Waals surface area contributed by atoms with E-state index in [-0.39, 0.29) is 17.9 Å². The minimum atomic E-state index is -1.84. The Morgan fingerprint density at radius 2 is 1.50 bits per heavy atom. The molecule has 0 unspecified atom stereocenters. The summed E-state index contributed by atoms with van der Waals surface area (Å²) in [7, 11) is 0. The van der Waals surface area contributed by atoms with Gasteiger partial charge in [-0.2, -0.15) is 0 Å². The lowest BCUT2D eigenvalue weighted by Gasteiger charge is -2.05. The first-order valence-corrected chi connectivity index (χ1v) is 7.95. The fraction of sp³-hybridized carbons (Fsp3) is 0.0500. The molecule has 2 aromatic rings. The molecule has 0 aliphatic heterocycles. The second kappa shape index (κ2) is 8.65. The van der Waals surface area contributed by atoms with Crippen molar-refractivity contribution in [3.8, 4) is 0 Å². The molecule has 0 saturated carbocycles. The zero-order valence-electron chi connectivity index (χ0n) is 14.4. The largest absolute Gasteiger partial charge is 0.475 e. The summed E-state index contributed by atoms with van der Waals surface area (Å²) in [5, 5.41) is 17.7. The van der Waals surface area contributed by atoms with Crippen LogP contribution in [0.5, 0.6) is 0 Å². The van der Waals surface area contributed by atoms with Gasteiger partial charge >= 0.3 is 11.9 Å². The van der Waals surface area contributed by atoms with Crippen LogP contribution in [0.2, 0.25) is 0 Å². The van der Waals surface area contributed by atoms with Crippen molar-refractivity contribution in [3.05, 3.63) is 76.4 Å². The van der Waals surface area contributed by atoms with E-state index >= 15 is 0 Å². The van der Waals surface area contributed by atoms with Crippen molar-refractivity contribution in [2.24, 2.45) is 5.73 Å². The van der Waals surface area contributed by atoms with Crippen molar-refractivity contribution in [3.63, 3.8) is 0 Å². The van der Waals surface area contributed by atoms with E-state index in [2.05, 4.69) is 0 Å². The lowest BCUT2D eigenvalue weighted by molar-refractivity contribution is -0.132. The molecule has 0 spiro atoms. The van der Waals surface area contributed by atoms with E-state index < -0.39 is 34.6 Å². The molecule has 0 atom stereocenters. The zero-order valence-corrected chi connectivity index (χ0v) is 14.4. The van der Waals surface area contributed by atoms with Crippen molar-refractivity contribution < 1.29 is 34.2 Å². The molecule has 0 aliphatic carbocycles. The van der Waals surface area contributed by atoms with Crippen molar-refractivity contribution in [1.82, 2.24) is 0 Å². The number of hydrogen-bond acceptors (Lipinski definition) is 6. The number of aliphatic carboxylic acids is 2. The van der Waals surface area contributed by atoms with Gasteiger partial charge in [-0.15, -0.1) is 0 Å². The van der Waals surface area contributed by atoms with Crippen LogP contribution in [0.3, 0.4) is 0 Å². The highest BCUT2D eigenvalue weighted by Gasteiger charge is 2.25. The van der Waals surface area contributed by atoms with Crippen molar-refractivity contribution in [1.29, 1.82) is 0 Å². The average Bonchev–Trinajstić information content (AvgIpc) is 2.70. The maximum Gasteiger partial charge on any atom is 0.377 e. The highest BCUT2D eigenvalue weighted by atomic mass is 16.4. The number of carbonyl (C=O) groups is 5. The molecule has 0 fully saturated rings. The Balaban J connectivity index is 2.39. The Hall–Kier alpha value is -3.91. The van der Waals surface area contributed by atoms with Gasteiger partial charge < -0.3 is 15.9 Å². The molecule has 28 heavy (non-hydrogen) atoms. The quantitative estimate of drug-likeness (QED) is 0.354. The van der Waals surface area contributed by atoms with Crippen molar-refractivity contribution in [2.75, 3.05) is 0 Å². The zero-order chi connectivity index (χ0) is 20.8. The third-order valence-corrected chi connectivity index (χ3v) is 3.80. The third-order valence-electron chi connectivity index (χ3n) is 3.80. The Bertz CT molecular complexity index is 1020. The normalized spacial score (nSPS) is 10.6. The summed E-state index contributed by atoms with van der Waals surface area (Å²) in [4.78, 5) is 57.6. The van der Waals surface area contributed by atoms with Crippen LogP contribution in [0, 0.1) is 0 Å². The molecule has 4 N–H and O–H groups in total. The molecule has 0 heterocycles. The molecule has 0 amide bonds. The summed E-state index contributed by atoms with van der Waals surface area (Å²) < 4.78 is 0. The number of Topliss-reactive ketones (excluding diaryl/α,β-unsaturated/α-hetero) is 2. The fourth-order valence-electron chi connectivity index (χ4n) is 2.40. The molecular weight excluding hydrogens is 366 g/mol. The van der Waals surface area contributed by atoms with Crippen LogP contribution >= 0.6 is 0 Å². The standard InChI is InChI=1S/C20H15NO7/c21-10-12-2-1-3-13(8-12)16(22)7-5-11-4-6-14(17(23)19(25)26)15(9-11)18(24)20(27)28/h1-9H,10,21H2,(H,25,26)(H,27,28)/b7-5+. The lowest BCUT2D eigenvalue weighted by Crippen LogP contribution is -2.21. The molecule has 8 heteroatoms. The van der Waals surface area contributed by atoms with E-state index in [1.165, 1.54) is 18.2 Å². The van der Waals surface area contributed by atoms with E-state index in [1.54, 1.807) is 24.3 Å². The van der Waals surface area contributed by atoms with Gasteiger partial charge in [0.25, 0.3) is 11.6 Å². The number of hydrogen-bond donors (Lipinski definition) is 3. The van der Waals surface area contributed by atoms with Crippen molar-refractivity contribution in [2.45, 2.75) is 6.54 Å². The van der Waals surface area contributed by atoms with E-state index in [4.69, 9.17) is 15.9 Å². The predicted octanol–water partition coefficient (Wildman–Crippen LogP) is 1.58. The molecule has 0 aliphatic rings. The van der Waals surface area contributed by atoms with E-state index in [0.29, 0.717) is 5.56 Å². The SMILES string of the molecule is NCc1cccc(C(=O)/C=C/c2ccc(C(=O)C(=O)O)c(C(=O)C(=O)O)c2)c1. The number of carboxylic acid groups (broad SMARTS) is 2. The first-order chi connectivity index (χ1) is 13.2. The first kappa shape index (κ1) is 20.4. The van der Waals surface area contributed by atoms with Gasteiger partial charge in [-0.25, -0.2) is 9.59 Å². The maximum absolute atomic E-state index is 12.3. The van der Waals surface area contributed by atoms with Gasteiger partial charge in [-0.3, -0.25) is 14.4 Å². The highest BCUT2D eigenvalue weighted by Crippen LogP contribution is 2.16. The number of carboxylic acids is 2. The second-order valence-corrected chi connectivity index (χ2v) is 5.68. The van der Waals surface area contributed by atoms with Crippen LogP contribution in [-0.4, -0.2) is 39.5 Å². The number of rotatable bonds is 8. The summed E-state index contributed by atoms with van der Waals surface area (Å²) in [5.41, 5.74) is 5.82. The van der Waals surface area contributed by atoms with Crippen LogP contribution in [0.15, 0.2) is 48.5 Å². The molecule has 142 valence electrons. The van der Waals surface area contributed by atoms with Crippen molar-refractivity contribution >= 4 is 35.4 Å². The summed E-state index contributed by atoms with van der Waals surface area (Å²) in [6, 6.07) is 10.1. The van der Waals surface area contributed by atoms with Crippen LogP contribution < -0.4 is 5.73 Å². The Kier molecular flexibility index (Phi) is 6.30. The van der Waals surface area contributed by atoms with Gasteiger partial charge in [0, 0.05) is 23.2 Å². The lowest BCUT2D eigenvalue weighted by atomic mass is 9.97. The predicted molar refractivity (Wildman–Crippen MR) is 98.1 cm³/mol. The van der Waals surface area contributed by atoms with Gasteiger partial charge in [0.2, 0.25) is 0 Å². The molecular formula is C20H15NO7. The van der Waals surface area contributed by atoms with Crippen LogP contribution in [0.4, 0.5) is 0 Å². The minimum absolute atomic E-state index is 0.245. The molecule has 0 radical (unpaired) electrons. The number of allylic oxidation sites excluding steroid dienone is 1. The Morgan fingerprint density at radius 3 is 2.11 bits per heavy atom. The Morgan fingerprint density at radius 1 is 0.857 bits per heavy atom.